The highest BCUT2D eigenvalue weighted by Crippen LogP contribution is 2.21. The number of aliphatic hydroxyl groups excluding tert-OH is 1. The number of carbonyl (C=O) groups is 1. The minimum absolute atomic E-state index is 0.0485. The first-order chi connectivity index (χ1) is 9.24. The van der Waals surface area contributed by atoms with Crippen LogP contribution in [0.1, 0.15) is 18.4 Å². The first kappa shape index (κ1) is 13.5. The van der Waals surface area contributed by atoms with E-state index in [0.717, 1.165) is 12.1 Å². The van der Waals surface area contributed by atoms with Crippen molar-refractivity contribution in [2.24, 2.45) is 0 Å². The summed E-state index contributed by atoms with van der Waals surface area (Å²) in [6.07, 6.45) is 1.32. The number of carbonyl (C=O) groups excluding carboxylic acids is 1. The Morgan fingerprint density at radius 3 is 3.11 bits per heavy atom. The highest BCUT2D eigenvalue weighted by molar-refractivity contribution is 5.95. The lowest BCUT2D eigenvalue weighted by Crippen LogP contribution is -2.46. The Kier molecular flexibility index (Phi) is 4.50. The highest BCUT2D eigenvalue weighted by atomic mass is 16.5. The van der Waals surface area contributed by atoms with Crippen LogP contribution < -0.4 is 4.90 Å². The lowest BCUT2D eigenvalue weighted by molar-refractivity contribution is -0.129. The number of benzene rings is 1. The summed E-state index contributed by atoms with van der Waals surface area (Å²) in [4.78, 5) is 13.5. The Hall–Kier alpha value is -1.90. The minimum Gasteiger partial charge on any atom is -0.396 e. The number of nitrogens with zero attached hydrogens (tertiary/aromatic N) is 2. The predicted molar refractivity (Wildman–Crippen MR) is 69.6 cm³/mol. The van der Waals surface area contributed by atoms with Gasteiger partial charge in [0.25, 0.3) is 5.91 Å². The summed E-state index contributed by atoms with van der Waals surface area (Å²) in [6, 6.07) is 9.05. The van der Waals surface area contributed by atoms with Crippen molar-refractivity contribution in [3.63, 3.8) is 0 Å². The van der Waals surface area contributed by atoms with Crippen molar-refractivity contribution >= 4 is 11.6 Å². The van der Waals surface area contributed by atoms with Gasteiger partial charge in [-0.05, 0) is 31.0 Å². The van der Waals surface area contributed by atoms with E-state index in [2.05, 4.69) is 6.07 Å². The molecule has 0 spiro atoms. The molecule has 1 aromatic carbocycles. The van der Waals surface area contributed by atoms with Crippen LogP contribution in [0.25, 0.3) is 0 Å². The van der Waals surface area contributed by atoms with Crippen LogP contribution in [-0.2, 0) is 9.53 Å². The number of hydrogen-bond acceptors (Lipinski definition) is 4. The number of nitriles is 1. The van der Waals surface area contributed by atoms with Crippen molar-refractivity contribution in [2.75, 3.05) is 24.7 Å². The molecule has 1 fully saturated rings. The molecule has 0 saturated carbocycles. The number of aliphatic hydroxyl groups is 1. The van der Waals surface area contributed by atoms with E-state index in [0.29, 0.717) is 18.5 Å². The van der Waals surface area contributed by atoms with E-state index < -0.39 is 0 Å². The van der Waals surface area contributed by atoms with Crippen molar-refractivity contribution in [1.82, 2.24) is 0 Å². The van der Waals surface area contributed by atoms with Gasteiger partial charge in [-0.25, -0.2) is 0 Å². The molecule has 1 N–H and O–H groups in total. The van der Waals surface area contributed by atoms with E-state index in [1.165, 1.54) is 0 Å². The van der Waals surface area contributed by atoms with Gasteiger partial charge in [-0.1, -0.05) is 6.07 Å². The minimum atomic E-state index is -0.102. The van der Waals surface area contributed by atoms with Crippen molar-refractivity contribution < 1.29 is 14.6 Å². The van der Waals surface area contributed by atoms with Crippen LogP contribution in [0.5, 0.6) is 0 Å². The van der Waals surface area contributed by atoms with E-state index >= 15 is 0 Å². The summed E-state index contributed by atoms with van der Waals surface area (Å²) in [7, 11) is 0. The summed E-state index contributed by atoms with van der Waals surface area (Å²) in [5.41, 5.74) is 1.25. The molecular weight excluding hydrogens is 244 g/mol. The topological polar surface area (TPSA) is 73.6 Å². The standard InChI is InChI=1S/C14H16N2O3/c15-8-11-3-1-4-12(7-11)16-9-13(5-2-6-17)19-10-14(16)18/h1,3-4,7,13,17H,2,5-6,9-10H2. The number of morpholine rings is 1. The summed E-state index contributed by atoms with van der Waals surface area (Å²) in [6.45, 7) is 0.637. The third kappa shape index (κ3) is 3.31. The summed E-state index contributed by atoms with van der Waals surface area (Å²) < 4.78 is 5.43. The van der Waals surface area contributed by atoms with Gasteiger partial charge >= 0.3 is 0 Å². The van der Waals surface area contributed by atoms with Gasteiger partial charge in [0.2, 0.25) is 0 Å². The Morgan fingerprint density at radius 1 is 1.53 bits per heavy atom. The van der Waals surface area contributed by atoms with Crippen molar-refractivity contribution in [3.8, 4) is 6.07 Å². The molecule has 1 aliphatic heterocycles. The van der Waals surface area contributed by atoms with Crippen LogP contribution >= 0.6 is 0 Å². The number of amides is 1. The average molecular weight is 260 g/mol. The highest BCUT2D eigenvalue weighted by Gasteiger charge is 2.27. The fraction of sp³-hybridized carbons (Fsp3) is 0.429. The molecule has 0 radical (unpaired) electrons. The van der Waals surface area contributed by atoms with Gasteiger partial charge < -0.3 is 14.7 Å². The molecule has 19 heavy (non-hydrogen) atoms. The third-order valence-corrected chi connectivity index (χ3v) is 3.10. The number of anilines is 1. The normalized spacial score (nSPS) is 19.3. The maximum absolute atomic E-state index is 11.9. The lowest BCUT2D eigenvalue weighted by Gasteiger charge is -2.32. The van der Waals surface area contributed by atoms with Gasteiger partial charge in [0.05, 0.1) is 24.3 Å². The van der Waals surface area contributed by atoms with Crippen molar-refractivity contribution in [1.29, 1.82) is 5.26 Å². The second-order valence-corrected chi connectivity index (χ2v) is 4.47. The molecule has 0 aromatic heterocycles. The largest absolute Gasteiger partial charge is 0.396 e. The fourth-order valence-corrected chi connectivity index (χ4v) is 2.11. The van der Waals surface area contributed by atoms with Gasteiger partial charge in [0.1, 0.15) is 6.61 Å². The first-order valence-corrected chi connectivity index (χ1v) is 6.27. The average Bonchev–Trinajstić information content (AvgIpc) is 2.46. The maximum atomic E-state index is 11.9. The Morgan fingerprint density at radius 2 is 2.37 bits per heavy atom. The lowest BCUT2D eigenvalue weighted by atomic mass is 10.1. The second-order valence-electron chi connectivity index (χ2n) is 4.47. The zero-order valence-electron chi connectivity index (χ0n) is 10.6. The molecular formula is C14H16N2O3. The second kappa shape index (κ2) is 6.32. The SMILES string of the molecule is N#Cc1cccc(N2CC(CCCO)OCC2=O)c1. The van der Waals surface area contributed by atoms with Crippen LogP contribution in [-0.4, -0.2) is 36.9 Å². The van der Waals surface area contributed by atoms with E-state index in [9.17, 15) is 4.79 Å². The van der Waals surface area contributed by atoms with E-state index in [1.807, 2.05) is 6.07 Å². The molecule has 2 rings (SSSR count). The molecule has 0 bridgehead atoms. The molecule has 5 nitrogen and oxygen atoms in total. The van der Waals surface area contributed by atoms with Gasteiger partial charge in [-0.15, -0.1) is 0 Å². The van der Waals surface area contributed by atoms with Crippen molar-refractivity contribution in [2.45, 2.75) is 18.9 Å². The van der Waals surface area contributed by atoms with Gasteiger partial charge in [-0.2, -0.15) is 5.26 Å². The fourth-order valence-electron chi connectivity index (χ4n) is 2.11. The molecule has 1 heterocycles. The summed E-state index contributed by atoms with van der Waals surface area (Å²) in [5, 5.41) is 17.7. The van der Waals surface area contributed by atoms with E-state index in [-0.39, 0.29) is 25.2 Å². The Labute approximate surface area is 112 Å². The Bertz CT molecular complexity index is 496. The molecule has 5 heteroatoms. The van der Waals surface area contributed by atoms with Crippen LogP contribution in [0.4, 0.5) is 5.69 Å². The monoisotopic (exact) mass is 260 g/mol. The number of ether oxygens (including phenoxy) is 1. The molecule has 1 unspecified atom stereocenters. The van der Waals surface area contributed by atoms with Gasteiger partial charge in [-0.3, -0.25) is 4.79 Å². The molecule has 1 saturated heterocycles. The summed E-state index contributed by atoms with van der Waals surface area (Å²) >= 11 is 0. The molecule has 100 valence electrons. The molecule has 1 amide bonds. The molecule has 1 aromatic rings. The quantitative estimate of drug-likeness (QED) is 0.878. The first-order valence-electron chi connectivity index (χ1n) is 6.27. The molecule has 0 aliphatic carbocycles. The zero-order valence-corrected chi connectivity index (χ0v) is 10.6. The molecule has 1 aliphatic rings. The predicted octanol–water partition coefficient (Wildman–Crippen LogP) is 1.06. The summed E-state index contributed by atoms with van der Waals surface area (Å²) in [5.74, 6) is -0.102. The van der Waals surface area contributed by atoms with Crippen molar-refractivity contribution in [3.05, 3.63) is 29.8 Å². The number of hydrogen-bond donors (Lipinski definition) is 1. The van der Waals surface area contributed by atoms with Crippen LogP contribution in [0.2, 0.25) is 0 Å². The van der Waals surface area contributed by atoms with Crippen LogP contribution in [0.3, 0.4) is 0 Å². The van der Waals surface area contributed by atoms with Crippen LogP contribution in [0.15, 0.2) is 24.3 Å². The number of rotatable bonds is 4. The van der Waals surface area contributed by atoms with Gasteiger partial charge in [0, 0.05) is 12.3 Å². The zero-order chi connectivity index (χ0) is 13.7. The van der Waals surface area contributed by atoms with E-state index in [4.69, 9.17) is 15.1 Å². The van der Waals surface area contributed by atoms with E-state index in [1.54, 1.807) is 23.1 Å². The Balaban J connectivity index is 2.12. The maximum Gasteiger partial charge on any atom is 0.253 e. The smallest absolute Gasteiger partial charge is 0.253 e. The molecule has 1 atom stereocenters. The van der Waals surface area contributed by atoms with Crippen LogP contribution in [0, 0.1) is 11.3 Å². The van der Waals surface area contributed by atoms with Gasteiger partial charge in [0.15, 0.2) is 0 Å². The third-order valence-electron chi connectivity index (χ3n) is 3.10.